The van der Waals surface area contributed by atoms with Crippen LogP contribution in [-0.4, -0.2) is 35.2 Å². The average molecular weight is 298 g/mol. The molecular formula is C16H21ClFNO. The van der Waals surface area contributed by atoms with Gasteiger partial charge in [0.2, 0.25) is 0 Å². The number of rotatable bonds is 3. The first kappa shape index (κ1) is 14.3. The van der Waals surface area contributed by atoms with Gasteiger partial charge in [-0.05, 0) is 62.8 Å². The summed E-state index contributed by atoms with van der Waals surface area (Å²) in [5.41, 5.74) is 0.912. The average Bonchev–Trinajstić information content (AvgIpc) is 2.65. The van der Waals surface area contributed by atoms with Crippen LogP contribution in [0.5, 0.6) is 0 Å². The minimum atomic E-state index is -0.401. The molecule has 2 aliphatic rings. The van der Waals surface area contributed by atoms with Crippen LogP contribution in [0.25, 0.3) is 0 Å². The zero-order valence-corrected chi connectivity index (χ0v) is 12.5. The fraction of sp³-hybridized carbons (Fsp3) is 0.625. The minimum Gasteiger partial charge on any atom is -0.392 e. The van der Waals surface area contributed by atoms with Crippen LogP contribution in [0.15, 0.2) is 18.2 Å². The summed E-state index contributed by atoms with van der Waals surface area (Å²) in [6, 6.07) is 5.98. The van der Waals surface area contributed by atoms with Gasteiger partial charge < -0.3 is 10.0 Å². The maximum absolute atomic E-state index is 13.1. The molecule has 0 saturated carbocycles. The number of halogens is 2. The highest BCUT2D eigenvalue weighted by Crippen LogP contribution is 2.39. The summed E-state index contributed by atoms with van der Waals surface area (Å²) >= 11 is 5.80. The zero-order valence-electron chi connectivity index (χ0n) is 11.7. The zero-order chi connectivity index (χ0) is 14.3. The van der Waals surface area contributed by atoms with Crippen molar-refractivity contribution in [1.82, 2.24) is 4.90 Å². The Morgan fingerprint density at radius 2 is 2.00 bits per heavy atom. The van der Waals surface area contributed by atoms with Crippen molar-refractivity contribution >= 4 is 11.6 Å². The lowest BCUT2D eigenvalue weighted by Crippen LogP contribution is -2.43. The summed E-state index contributed by atoms with van der Waals surface area (Å²) in [4.78, 5) is 2.47. The second-order valence-electron chi connectivity index (χ2n) is 6.30. The predicted molar refractivity (Wildman–Crippen MR) is 78.4 cm³/mol. The van der Waals surface area contributed by atoms with E-state index in [9.17, 15) is 9.50 Å². The van der Waals surface area contributed by atoms with Crippen LogP contribution in [0.2, 0.25) is 5.02 Å². The van der Waals surface area contributed by atoms with Gasteiger partial charge in [-0.1, -0.05) is 17.7 Å². The van der Waals surface area contributed by atoms with Crippen LogP contribution >= 0.6 is 11.6 Å². The summed E-state index contributed by atoms with van der Waals surface area (Å²) in [6.45, 7) is 0. The van der Waals surface area contributed by atoms with Gasteiger partial charge in [0.05, 0.1) is 11.1 Å². The van der Waals surface area contributed by atoms with E-state index in [1.165, 1.54) is 18.9 Å². The van der Waals surface area contributed by atoms with Crippen molar-refractivity contribution in [3.05, 3.63) is 34.6 Å². The van der Waals surface area contributed by atoms with Crippen LogP contribution in [0, 0.1) is 11.7 Å². The Bertz CT molecular complexity index is 481. The highest BCUT2D eigenvalue weighted by molar-refractivity contribution is 6.30. The largest absolute Gasteiger partial charge is 0.392 e. The van der Waals surface area contributed by atoms with Crippen LogP contribution in [0.4, 0.5) is 4.39 Å². The van der Waals surface area contributed by atoms with Gasteiger partial charge in [0, 0.05) is 12.1 Å². The van der Waals surface area contributed by atoms with Gasteiger partial charge in [0.15, 0.2) is 0 Å². The fourth-order valence-electron chi connectivity index (χ4n) is 3.84. The Morgan fingerprint density at radius 3 is 2.60 bits per heavy atom. The first-order valence-electron chi connectivity index (χ1n) is 7.38. The molecule has 110 valence electrons. The van der Waals surface area contributed by atoms with E-state index in [1.54, 1.807) is 12.1 Å². The Kier molecular flexibility index (Phi) is 4.02. The van der Waals surface area contributed by atoms with E-state index in [1.807, 2.05) is 0 Å². The van der Waals surface area contributed by atoms with Crippen molar-refractivity contribution in [2.24, 2.45) is 5.92 Å². The first-order valence-corrected chi connectivity index (χ1v) is 7.76. The van der Waals surface area contributed by atoms with Crippen LogP contribution < -0.4 is 0 Å². The maximum atomic E-state index is 13.1. The Morgan fingerprint density at radius 1 is 1.35 bits per heavy atom. The van der Waals surface area contributed by atoms with Crippen LogP contribution in [-0.2, 0) is 6.42 Å². The Hall–Kier alpha value is -0.640. The molecule has 2 saturated heterocycles. The molecule has 0 radical (unpaired) electrons. The number of benzene rings is 1. The molecule has 2 bridgehead atoms. The fourth-order valence-corrected chi connectivity index (χ4v) is 4.05. The highest BCUT2D eigenvalue weighted by Gasteiger charge is 2.40. The molecular weight excluding hydrogens is 277 g/mol. The summed E-state index contributed by atoms with van der Waals surface area (Å²) in [7, 11) is 2.20. The minimum absolute atomic E-state index is 0.137. The number of hydrogen-bond donors (Lipinski definition) is 1. The van der Waals surface area contributed by atoms with E-state index in [4.69, 9.17) is 11.6 Å². The molecule has 2 heterocycles. The van der Waals surface area contributed by atoms with Gasteiger partial charge >= 0.3 is 0 Å². The van der Waals surface area contributed by atoms with E-state index < -0.39 is 5.82 Å². The quantitative estimate of drug-likeness (QED) is 0.926. The normalized spacial score (nSPS) is 31.5. The van der Waals surface area contributed by atoms with E-state index in [0.717, 1.165) is 18.4 Å². The van der Waals surface area contributed by atoms with Gasteiger partial charge in [-0.3, -0.25) is 0 Å². The third-order valence-electron chi connectivity index (χ3n) is 5.11. The van der Waals surface area contributed by atoms with Crippen LogP contribution in [0.1, 0.15) is 31.2 Å². The van der Waals surface area contributed by atoms with Crippen molar-refractivity contribution in [2.45, 2.75) is 50.3 Å². The topological polar surface area (TPSA) is 23.5 Å². The smallest absolute Gasteiger partial charge is 0.141 e. The molecule has 1 aromatic carbocycles. The van der Waals surface area contributed by atoms with E-state index in [-0.39, 0.29) is 11.1 Å². The Balaban J connectivity index is 1.65. The summed E-state index contributed by atoms with van der Waals surface area (Å²) in [6.07, 6.45) is 4.87. The highest BCUT2D eigenvalue weighted by atomic mass is 35.5. The molecule has 3 atom stereocenters. The van der Waals surface area contributed by atoms with Gasteiger partial charge in [0.1, 0.15) is 5.82 Å². The third kappa shape index (κ3) is 2.72. The van der Waals surface area contributed by atoms with Gasteiger partial charge in [-0.25, -0.2) is 4.39 Å². The summed E-state index contributed by atoms with van der Waals surface area (Å²) < 4.78 is 13.1. The molecule has 2 nitrogen and oxygen atoms in total. The standard InChI is InChI=1S/C16H21ClFNO/c1-19-12-3-4-13(19)9-11(8-12)16(20)7-10-2-5-15(18)14(17)6-10/h2,5-6,11-13,16,20H,3-4,7-9H2,1H3. The van der Waals surface area contributed by atoms with Crippen LogP contribution in [0.3, 0.4) is 0 Å². The number of aliphatic hydroxyl groups is 1. The van der Waals surface area contributed by atoms with E-state index in [0.29, 0.717) is 24.4 Å². The predicted octanol–water partition coefficient (Wildman–Crippen LogP) is 3.26. The number of aliphatic hydroxyl groups excluding tert-OH is 1. The lowest BCUT2D eigenvalue weighted by molar-refractivity contribution is 0.0368. The molecule has 0 spiro atoms. The second kappa shape index (κ2) is 5.63. The monoisotopic (exact) mass is 297 g/mol. The first-order chi connectivity index (χ1) is 9.54. The summed E-state index contributed by atoms with van der Waals surface area (Å²) in [5.74, 6) is -0.0465. The van der Waals surface area contributed by atoms with E-state index in [2.05, 4.69) is 11.9 Å². The van der Waals surface area contributed by atoms with Crippen molar-refractivity contribution in [3.8, 4) is 0 Å². The van der Waals surface area contributed by atoms with Crippen molar-refractivity contribution in [2.75, 3.05) is 7.05 Å². The molecule has 20 heavy (non-hydrogen) atoms. The Labute approximate surface area is 124 Å². The SMILES string of the molecule is CN1C2CCC1CC(C(O)Cc1ccc(F)c(Cl)c1)C2. The molecule has 0 aromatic heterocycles. The molecule has 0 aliphatic carbocycles. The molecule has 1 N–H and O–H groups in total. The maximum Gasteiger partial charge on any atom is 0.141 e. The molecule has 0 amide bonds. The lowest BCUT2D eigenvalue weighted by Gasteiger charge is -2.38. The second-order valence-corrected chi connectivity index (χ2v) is 6.71. The van der Waals surface area contributed by atoms with E-state index >= 15 is 0 Å². The molecule has 3 rings (SSSR count). The van der Waals surface area contributed by atoms with Crippen molar-refractivity contribution < 1.29 is 9.50 Å². The number of piperidine rings is 1. The number of hydrogen-bond acceptors (Lipinski definition) is 2. The molecule has 2 aliphatic heterocycles. The molecule has 3 unspecified atom stereocenters. The molecule has 2 fully saturated rings. The summed E-state index contributed by atoms with van der Waals surface area (Å²) in [5, 5.41) is 10.6. The van der Waals surface area contributed by atoms with Gasteiger partial charge in [-0.2, -0.15) is 0 Å². The number of fused-ring (bicyclic) bond motifs is 2. The number of nitrogens with zero attached hydrogens (tertiary/aromatic N) is 1. The third-order valence-corrected chi connectivity index (χ3v) is 5.40. The van der Waals surface area contributed by atoms with Crippen molar-refractivity contribution in [1.29, 1.82) is 0 Å². The molecule has 1 aromatic rings. The van der Waals surface area contributed by atoms with Gasteiger partial charge in [-0.15, -0.1) is 0 Å². The van der Waals surface area contributed by atoms with Gasteiger partial charge in [0.25, 0.3) is 0 Å². The van der Waals surface area contributed by atoms with Crippen molar-refractivity contribution in [3.63, 3.8) is 0 Å². The lowest BCUT2D eigenvalue weighted by atomic mass is 9.84. The molecule has 4 heteroatoms.